The van der Waals surface area contributed by atoms with Crippen LogP contribution in [0.25, 0.3) is 0 Å². The molecule has 0 radical (unpaired) electrons. The van der Waals surface area contributed by atoms with E-state index in [2.05, 4.69) is 31.7 Å². The van der Waals surface area contributed by atoms with Crippen LogP contribution in [0.5, 0.6) is 17.2 Å². The normalized spacial score (nSPS) is 21.3. The average Bonchev–Trinajstić information content (AvgIpc) is 3.48. The summed E-state index contributed by atoms with van der Waals surface area (Å²) in [6, 6.07) is 3.38. The van der Waals surface area contributed by atoms with Crippen molar-refractivity contribution in [3.8, 4) is 17.2 Å². The second-order valence-electron chi connectivity index (χ2n) is 11.0. The van der Waals surface area contributed by atoms with Gasteiger partial charge in [-0.1, -0.05) is 39.3 Å². The van der Waals surface area contributed by atoms with Crippen molar-refractivity contribution in [3.63, 3.8) is 0 Å². The lowest BCUT2D eigenvalue weighted by Crippen LogP contribution is -2.46. The van der Waals surface area contributed by atoms with Crippen molar-refractivity contribution in [2.45, 2.75) is 65.3 Å². The first-order valence-corrected chi connectivity index (χ1v) is 13.7. The van der Waals surface area contributed by atoms with Gasteiger partial charge in [-0.2, -0.15) is 0 Å². The van der Waals surface area contributed by atoms with E-state index in [1.807, 2.05) is 30.0 Å². The minimum atomic E-state index is -0.867. The van der Waals surface area contributed by atoms with Gasteiger partial charge in [-0.25, -0.2) is 0 Å². The summed E-state index contributed by atoms with van der Waals surface area (Å²) in [5, 5.41) is 10.5. The molecule has 0 bridgehead atoms. The van der Waals surface area contributed by atoms with Gasteiger partial charge >= 0.3 is 5.97 Å². The molecule has 1 amide bonds. The molecule has 0 aliphatic carbocycles. The number of ether oxygens (including phenoxy) is 3. The highest BCUT2D eigenvalue weighted by atomic mass is 16.7. The lowest BCUT2D eigenvalue weighted by atomic mass is 9.77. The Morgan fingerprint density at radius 1 is 1.26 bits per heavy atom. The van der Waals surface area contributed by atoms with Crippen molar-refractivity contribution >= 4 is 11.9 Å². The van der Waals surface area contributed by atoms with Crippen LogP contribution in [0, 0.1) is 11.3 Å². The van der Waals surface area contributed by atoms with Crippen LogP contribution in [0.15, 0.2) is 24.3 Å². The van der Waals surface area contributed by atoms with E-state index >= 15 is 0 Å². The van der Waals surface area contributed by atoms with E-state index in [9.17, 15) is 14.7 Å². The number of rotatable bonds is 14. The van der Waals surface area contributed by atoms with E-state index in [-0.39, 0.29) is 36.6 Å². The Morgan fingerprint density at radius 3 is 2.63 bits per heavy atom. The smallest absolute Gasteiger partial charge is 0.308 e. The number of aliphatic carboxylic acids is 1. The highest BCUT2D eigenvalue weighted by molar-refractivity contribution is 5.79. The van der Waals surface area contributed by atoms with Gasteiger partial charge in [-0.05, 0) is 55.8 Å². The van der Waals surface area contributed by atoms with Gasteiger partial charge < -0.3 is 30.0 Å². The predicted octanol–water partition coefficient (Wildman–Crippen LogP) is 3.86. The summed E-state index contributed by atoms with van der Waals surface area (Å²) in [7, 11) is 1.56. The molecule has 2 aliphatic heterocycles. The van der Waals surface area contributed by atoms with Crippen molar-refractivity contribution in [1.82, 2.24) is 9.80 Å². The average molecular weight is 532 g/mol. The summed E-state index contributed by atoms with van der Waals surface area (Å²) in [6.07, 6.45) is 7.37. The zero-order valence-electron chi connectivity index (χ0n) is 23.6. The zero-order chi connectivity index (χ0) is 27.9. The third kappa shape index (κ3) is 6.99. The Hall–Kier alpha value is -2.78. The molecule has 38 heavy (non-hydrogen) atoms. The number of carbonyl (C=O) groups excluding carboxylic acids is 1. The van der Waals surface area contributed by atoms with Crippen LogP contribution < -0.4 is 19.9 Å². The van der Waals surface area contributed by atoms with Gasteiger partial charge in [-0.3, -0.25) is 14.5 Å². The molecule has 9 nitrogen and oxygen atoms in total. The molecule has 0 saturated carbocycles. The molecule has 1 aromatic rings. The Bertz CT molecular complexity index is 987. The van der Waals surface area contributed by atoms with Crippen molar-refractivity contribution in [3.05, 3.63) is 29.8 Å². The zero-order valence-corrected chi connectivity index (χ0v) is 23.6. The van der Waals surface area contributed by atoms with Gasteiger partial charge in [0, 0.05) is 31.6 Å². The Labute approximate surface area is 226 Å². The fraction of sp³-hybridized carbons (Fsp3) is 0.655. The number of fused-ring (bicyclic) bond motifs is 1. The summed E-state index contributed by atoms with van der Waals surface area (Å²) in [4.78, 5) is 30.3. The SMILES string of the molecule is CC=CC(C)(C)C[C@H]1[C@H](C(=O)O)[C@@H](c2cc(OC)c3c(c2)OCO3)CN1CC(=O)N(CCCC)CCCN. The Morgan fingerprint density at radius 2 is 2.00 bits per heavy atom. The Kier molecular flexibility index (Phi) is 10.4. The quantitative estimate of drug-likeness (QED) is 0.348. The number of benzene rings is 1. The standard InChI is InChI=1S/C29H45N3O6/c1-6-8-12-31(13-9-11-30)25(33)18-32-17-21(20-14-23(36-5)27-24(15-20)37-19-38-27)26(28(34)35)22(32)16-29(3,4)10-7-2/h7,10,14-15,21-22,26H,6,8-9,11-13,16-19,30H2,1-5H3,(H,34,35)/t21-,22+,26-/m1/s1. The molecule has 2 aliphatic rings. The van der Waals surface area contributed by atoms with Gasteiger partial charge in [0.2, 0.25) is 18.4 Å². The summed E-state index contributed by atoms with van der Waals surface area (Å²) >= 11 is 0. The summed E-state index contributed by atoms with van der Waals surface area (Å²) < 4.78 is 16.7. The molecule has 9 heteroatoms. The van der Waals surface area contributed by atoms with E-state index in [1.54, 1.807) is 7.11 Å². The third-order valence-electron chi connectivity index (χ3n) is 7.60. The lowest BCUT2D eigenvalue weighted by molar-refractivity contribution is -0.144. The van der Waals surface area contributed by atoms with Crippen molar-refractivity contribution in [1.29, 1.82) is 0 Å². The number of methoxy groups -OCH3 is 1. The molecule has 3 atom stereocenters. The van der Waals surface area contributed by atoms with Gasteiger partial charge in [0.25, 0.3) is 0 Å². The number of likely N-dealkylation sites (tertiary alicyclic amines) is 1. The van der Waals surface area contributed by atoms with E-state index in [1.165, 1.54) is 0 Å². The molecule has 0 spiro atoms. The van der Waals surface area contributed by atoms with Crippen LogP contribution in [-0.4, -0.2) is 79.5 Å². The van der Waals surface area contributed by atoms with Gasteiger partial charge in [0.15, 0.2) is 11.5 Å². The highest BCUT2D eigenvalue weighted by Crippen LogP contribution is 2.48. The van der Waals surface area contributed by atoms with Crippen molar-refractivity contribution in [2.75, 3.05) is 46.6 Å². The molecular weight excluding hydrogens is 486 g/mol. The topological polar surface area (TPSA) is 115 Å². The van der Waals surface area contributed by atoms with Gasteiger partial charge in [-0.15, -0.1) is 0 Å². The first kappa shape index (κ1) is 29.8. The third-order valence-corrected chi connectivity index (χ3v) is 7.60. The number of hydrogen-bond acceptors (Lipinski definition) is 7. The summed E-state index contributed by atoms with van der Waals surface area (Å²) in [5.41, 5.74) is 6.31. The van der Waals surface area contributed by atoms with Crippen LogP contribution in [-0.2, 0) is 9.59 Å². The second kappa shape index (κ2) is 13.3. The van der Waals surface area contributed by atoms with Crippen molar-refractivity contribution < 1.29 is 28.9 Å². The second-order valence-corrected chi connectivity index (χ2v) is 11.0. The van der Waals surface area contributed by atoms with E-state index in [0.29, 0.717) is 49.8 Å². The van der Waals surface area contributed by atoms with E-state index in [0.717, 1.165) is 24.8 Å². The summed E-state index contributed by atoms with van der Waals surface area (Å²) in [6.45, 7) is 10.8. The number of nitrogens with two attached hydrogens (primary N) is 1. The lowest BCUT2D eigenvalue weighted by Gasteiger charge is -2.34. The number of allylic oxidation sites excluding steroid dienone is 2. The number of amides is 1. The van der Waals surface area contributed by atoms with Crippen molar-refractivity contribution in [2.24, 2.45) is 17.1 Å². The fourth-order valence-electron chi connectivity index (χ4n) is 5.77. The number of unbranched alkanes of at least 4 members (excludes halogenated alkanes) is 1. The molecule has 212 valence electrons. The van der Waals surface area contributed by atoms with Gasteiger partial charge in [0.1, 0.15) is 0 Å². The molecule has 1 aromatic carbocycles. The van der Waals surface area contributed by atoms with Crippen LogP contribution in [0.3, 0.4) is 0 Å². The molecule has 2 heterocycles. The highest BCUT2D eigenvalue weighted by Gasteiger charge is 2.49. The molecular formula is C29H45N3O6. The number of nitrogens with zero attached hydrogens (tertiary/aromatic N) is 2. The minimum absolute atomic E-state index is 0.0220. The van der Waals surface area contributed by atoms with Crippen LogP contribution in [0.1, 0.15) is 64.9 Å². The number of hydrogen-bond donors (Lipinski definition) is 2. The first-order chi connectivity index (χ1) is 18.1. The van der Waals surface area contributed by atoms with Crippen LogP contribution in [0.2, 0.25) is 0 Å². The maximum Gasteiger partial charge on any atom is 0.308 e. The molecule has 3 N–H and O–H groups in total. The number of carboxylic acid groups (broad SMARTS) is 1. The molecule has 3 rings (SSSR count). The molecule has 0 unspecified atom stereocenters. The monoisotopic (exact) mass is 531 g/mol. The molecule has 1 saturated heterocycles. The largest absolute Gasteiger partial charge is 0.493 e. The maximum atomic E-state index is 13.5. The Balaban J connectivity index is 1.97. The molecule has 1 fully saturated rings. The number of carbonyl (C=O) groups is 2. The van der Waals surface area contributed by atoms with E-state index in [4.69, 9.17) is 19.9 Å². The fourth-order valence-corrected chi connectivity index (χ4v) is 5.77. The van der Waals surface area contributed by atoms with Gasteiger partial charge in [0.05, 0.1) is 19.6 Å². The maximum absolute atomic E-state index is 13.5. The minimum Gasteiger partial charge on any atom is -0.493 e. The van der Waals surface area contributed by atoms with Crippen LogP contribution >= 0.6 is 0 Å². The van der Waals surface area contributed by atoms with E-state index < -0.39 is 11.9 Å². The first-order valence-electron chi connectivity index (χ1n) is 13.7. The van der Waals surface area contributed by atoms with Crippen LogP contribution in [0.4, 0.5) is 0 Å². The number of carboxylic acids is 1. The summed E-state index contributed by atoms with van der Waals surface area (Å²) in [5.74, 6) is -0.287. The predicted molar refractivity (Wildman–Crippen MR) is 147 cm³/mol. The molecule has 0 aromatic heterocycles.